The molecule has 0 amide bonds. The molecule has 0 unspecified atom stereocenters. The fraction of sp³-hybridized carbons (Fsp3) is 1.00. The van der Waals surface area contributed by atoms with Crippen molar-refractivity contribution in [3.63, 3.8) is 0 Å². The lowest BCUT2D eigenvalue weighted by atomic mass is 9.93. The van der Waals surface area contributed by atoms with Gasteiger partial charge in [0.1, 0.15) is 0 Å². The van der Waals surface area contributed by atoms with E-state index in [9.17, 15) is 0 Å². The van der Waals surface area contributed by atoms with E-state index in [1.165, 1.54) is 52.0 Å². The Balaban J connectivity index is 0.000000531. The molecule has 0 aromatic heterocycles. The van der Waals surface area contributed by atoms with Gasteiger partial charge in [-0.25, -0.2) is 0 Å². The summed E-state index contributed by atoms with van der Waals surface area (Å²) in [6, 6.07) is 0. The van der Waals surface area contributed by atoms with Crippen molar-refractivity contribution in [2.45, 2.75) is 40.0 Å². The zero-order valence-electron chi connectivity index (χ0n) is 10.8. The molecule has 2 heteroatoms. The third-order valence-corrected chi connectivity index (χ3v) is 3.67. The van der Waals surface area contributed by atoms with Crippen LogP contribution < -0.4 is 5.32 Å². The molecule has 0 radical (unpaired) electrons. The third-order valence-electron chi connectivity index (χ3n) is 3.67. The normalized spacial score (nSPS) is 24.2. The van der Waals surface area contributed by atoms with Crippen LogP contribution in [0, 0.1) is 11.8 Å². The topological polar surface area (TPSA) is 15.3 Å². The molecule has 0 saturated carbocycles. The number of piperidine rings is 1. The van der Waals surface area contributed by atoms with Gasteiger partial charge >= 0.3 is 0 Å². The van der Waals surface area contributed by atoms with Crippen molar-refractivity contribution in [2.75, 3.05) is 32.7 Å². The second-order valence-electron chi connectivity index (χ2n) is 4.68. The smallest absolute Gasteiger partial charge is 0.00340 e. The largest absolute Gasteiger partial charge is 0.316 e. The minimum Gasteiger partial charge on any atom is -0.316 e. The Labute approximate surface area is 95.4 Å². The van der Waals surface area contributed by atoms with Crippen LogP contribution in [0.3, 0.4) is 0 Å². The third kappa shape index (κ3) is 4.12. The van der Waals surface area contributed by atoms with E-state index in [1.807, 2.05) is 13.8 Å². The summed E-state index contributed by atoms with van der Waals surface area (Å²) in [7, 11) is 0. The Hall–Kier alpha value is -0.0800. The molecule has 2 saturated heterocycles. The lowest BCUT2D eigenvalue weighted by molar-refractivity contribution is 0.139. The molecule has 2 nitrogen and oxygen atoms in total. The van der Waals surface area contributed by atoms with Crippen molar-refractivity contribution in [1.29, 1.82) is 0 Å². The Morgan fingerprint density at radius 3 is 2.07 bits per heavy atom. The average molecular weight is 212 g/mol. The summed E-state index contributed by atoms with van der Waals surface area (Å²) in [5, 5.41) is 3.34. The zero-order valence-corrected chi connectivity index (χ0v) is 10.8. The molecule has 0 bridgehead atoms. The maximum atomic E-state index is 3.34. The Morgan fingerprint density at radius 2 is 1.67 bits per heavy atom. The maximum Gasteiger partial charge on any atom is 0.00340 e. The average Bonchev–Trinajstić information content (AvgIpc) is 2.27. The highest BCUT2D eigenvalue weighted by Crippen LogP contribution is 2.20. The van der Waals surface area contributed by atoms with Crippen molar-refractivity contribution in [3.05, 3.63) is 0 Å². The van der Waals surface area contributed by atoms with Gasteiger partial charge in [0.25, 0.3) is 0 Å². The van der Waals surface area contributed by atoms with Crippen LogP contribution in [0.25, 0.3) is 0 Å². The second-order valence-corrected chi connectivity index (χ2v) is 4.68. The number of hydrogen-bond donors (Lipinski definition) is 1. The monoisotopic (exact) mass is 212 g/mol. The summed E-state index contributed by atoms with van der Waals surface area (Å²) < 4.78 is 0. The van der Waals surface area contributed by atoms with Gasteiger partial charge in [-0.15, -0.1) is 0 Å². The zero-order chi connectivity index (χ0) is 11.1. The van der Waals surface area contributed by atoms with Crippen LogP contribution >= 0.6 is 0 Å². The standard InChI is InChI=1S/C11H22N2.C2H6/c1-2-10-3-5-13(6-4-10)9-11-7-12-8-11;1-2/h10-12H,2-9H2,1H3;1-2H3. The van der Waals surface area contributed by atoms with Gasteiger partial charge in [-0.2, -0.15) is 0 Å². The first-order chi connectivity index (χ1) is 7.38. The molecular formula is C13H28N2. The molecule has 0 aliphatic carbocycles. The second kappa shape index (κ2) is 7.24. The van der Waals surface area contributed by atoms with Crippen LogP contribution in [0.2, 0.25) is 0 Å². The molecule has 2 aliphatic heterocycles. The van der Waals surface area contributed by atoms with Gasteiger partial charge in [0.05, 0.1) is 0 Å². The Morgan fingerprint density at radius 1 is 1.07 bits per heavy atom. The first kappa shape index (κ1) is 13.0. The Bertz CT molecular complexity index is 147. The number of likely N-dealkylation sites (tertiary alicyclic amines) is 1. The van der Waals surface area contributed by atoms with Crippen LogP contribution in [0.15, 0.2) is 0 Å². The van der Waals surface area contributed by atoms with Gasteiger partial charge in [0.15, 0.2) is 0 Å². The van der Waals surface area contributed by atoms with E-state index in [0.29, 0.717) is 0 Å². The lowest BCUT2D eigenvalue weighted by Gasteiger charge is -2.37. The van der Waals surface area contributed by atoms with E-state index in [1.54, 1.807) is 0 Å². The summed E-state index contributed by atoms with van der Waals surface area (Å²) >= 11 is 0. The maximum absolute atomic E-state index is 3.34. The summed E-state index contributed by atoms with van der Waals surface area (Å²) in [6.07, 6.45) is 4.27. The molecule has 90 valence electrons. The van der Waals surface area contributed by atoms with E-state index < -0.39 is 0 Å². The predicted molar refractivity (Wildman–Crippen MR) is 67.2 cm³/mol. The van der Waals surface area contributed by atoms with Crippen LogP contribution in [0.4, 0.5) is 0 Å². The number of rotatable bonds is 3. The fourth-order valence-electron chi connectivity index (χ4n) is 2.42. The van der Waals surface area contributed by atoms with Crippen molar-refractivity contribution in [2.24, 2.45) is 11.8 Å². The first-order valence-electron chi connectivity index (χ1n) is 6.81. The van der Waals surface area contributed by atoms with Crippen molar-refractivity contribution in [1.82, 2.24) is 10.2 Å². The van der Waals surface area contributed by atoms with Gasteiger partial charge in [0, 0.05) is 19.6 Å². The summed E-state index contributed by atoms with van der Waals surface area (Å²) in [5.41, 5.74) is 0. The molecule has 1 N–H and O–H groups in total. The highest BCUT2D eigenvalue weighted by atomic mass is 15.1. The highest BCUT2D eigenvalue weighted by Gasteiger charge is 2.23. The minimum atomic E-state index is 0.957. The van der Waals surface area contributed by atoms with Crippen LogP contribution in [0.5, 0.6) is 0 Å². The summed E-state index contributed by atoms with van der Waals surface area (Å²) in [4.78, 5) is 2.66. The molecule has 0 aromatic carbocycles. The molecule has 2 aliphatic rings. The fourth-order valence-corrected chi connectivity index (χ4v) is 2.42. The predicted octanol–water partition coefficient (Wildman–Crippen LogP) is 2.35. The van der Waals surface area contributed by atoms with E-state index in [2.05, 4.69) is 17.1 Å². The van der Waals surface area contributed by atoms with Crippen molar-refractivity contribution >= 4 is 0 Å². The molecule has 0 aromatic rings. The first-order valence-corrected chi connectivity index (χ1v) is 6.81. The van der Waals surface area contributed by atoms with E-state index in [0.717, 1.165) is 11.8 Å². The van der Waals surface area contributed by atoms with Crippen LogP contribution in [-0.4, -0.2) is 37.6 Å². The number of nitrogens with zero attached hydrogens (tertiary/aromatic N) is 1. The molecule has 2 rings (SSSR count). The van der Waals surface area contributed by atoms with Gasteiger partial charge in [0.2, 0.25) is 0 Å². The summed E-state index contributed by atoms with van der Waals surface area (Å²) in [5.74, 6) is 1.98. The molecule has 2 fully saturated rings. The van der Waals surface area contributed by atoms with E-state index in [-0.39, 0.29) is 0 Å². The van der Waals surface area contributed by atoms with Crippen molar-refractivity contribution in [3.8, 4) is 0 Å². The van der Waals surface area contributed by atoms with Crippen molar-refractivity contribution < 1.29 is 0 Å². The SMILES string of the molecule is CC.CCC1CCN(CC2CNC2)CC1. The molecule has 0 atom stereocenters. The number of nitrogens with one attached hydrogen (secondary N) is 1. The lowest BCUT2D eigenvalue weighted by Crippen LogP contribution is -2.49. The van der Waals surface area contributed by atoms with Gasteiger partial charge in [-0.3, -0.25) is 0 Å². The van der Waals surface area contributed by atoms with Gasteiger partial charge < -0.3 is 10.2 Å². The van der Waals surface area contributed by atoms with Gasteiger partial charge in [-0.1, -0.05) is 27.2 Å². The number of hydrogen-bond acceptors (Lipinski definition) is 2. The van der Waals surface area contributed by atoms with Crippen LogP contribution in [-0.2, 0) is 0 Å². The van der Waals surface area contributed by atoms with Gasteiger partial charge in [-0.05, 0) is 37.8 Å². The molecule has 2 heterocycles. The van der Waals surface area contributed by atoms with E-state index in [4.69, 9.17) is 0 Å². The van der Waals surface area contributed by atoms with Crippen LogP contribution in [0.1, 0.15) is 40.0 Å². The summed E-state index contributed by atoms with van der Waals surface area (Å²) in [6.45, 7) is 12.9. The molecule has 15 heavy (non-hydrogen) atoms. The minimum absolute atomic E-state index is 0.957. The molecule has 0 spiro atoms. The Kier molecular flexibility index (Phi) is 6.26. The highest BCUT2D eigenvalue weighted by molar-refractivity contribution is 4.80. The van der Waals surface area contributed by atoms with E-state index >= 15 is 0 Å². The quantitative estimate of drug-likeness (QED) is 0.772. The molecular weight excluding hydrogens is 184 g/mol.